The second-order valence-electron chi connectivity index (χ2n) is 4.06. The lowest BCUT2D eigenvalue weighted by atomic mass is 10.1. The Kier molecular flexibility index (Phi) is 4.04. The molecule has 96 valence electrons. The second kappa shape index (κ2) is 5.92. The third-order valence-electron chi connectivity index (χ3n) is 2.60. The summed E-state index contributed by atoms with van der Waals surface area (Å²) in [7, 11) is 3.14. The molecule has 1 aromatic heterocycles. The number of ether oxygens (including phenoxy) is 2. The Morgan fingerprint density at radius 3 is 2.47 bits per heavy atom. The predicted octanol–water partition coefficient (Wildman–Crippen LogP) is 2.81. The van der Waals surface area contributed by atoms with Crippen LogP contribution in [0.1, 0.15) is 16.7 Å². The van der Waals surface area contributed by atoms with Crippen molar-refractivity contribution in [2.24, 2.45) is 0 Å². The number of aromatic nitrogens is 1. The molecule has 19 heavy (non-hydrogen) atoms. The van der Waals surface area contributed by atoms with Crippen molar-refractivity contribution in [1.29, 1.82) is 0 Å². The summed E-state index contributed by atoms with van der Waals surface area (Å²) in [5.41, 5.74) is 2.96. The number of hydrogen-bond acceptors (Lipinski definition) is 3. The van der Waals surface area contributed by atoms with E-state index in [0.29, 0.717) is 11.6 Å². The molecule has 0 radical (unpaired) electrons. The summed E-state index contributed by atoms with van der Waals surface area (Å²) in [6.07, 6.45) is 1.67. The van der Waals surface area contributed by atoms with Crippen LogP contribution in [0.2, 0.25) is 0 Å². The van der Waals surface area contributed by atoms with Crippen LogP contribution in [-0.2, 0) is 0 Å². The number of nitrogens with zero attached hydrogens (tertiary/aromatic N) is 1. The molecule has 0 saturated heterocycles. The number of benzene rings is 1. The highest BCUT2D eigenvalue weighted by molar-refractivity contribution is 5.47. The molecule has 3 heteroatoms. The summed E-state index contributed by atoms with van der Waals surface area (Å²) < 4.78 is 10.3. The maximum atomic E-state index is 5.19. The minimum Gasteiger partial charge on any atom is -0.491 e. The average molecular weight is 253 g/mol. The SMILES string of the molecule is COc1cc(C#Cc2cccc(C)c2)cnc1OC. The zero-order valence-corrected chi connectivity index (χ0v) is 11.2. The van der Waals surface area contributed by atoms with Crippen LogP contribution in [0.5, 0.6) is 11.6 Å². The van der Waals surface area contributed by atoms with Gasteiger partial charge in [-0.1, -0.05) is 24.0 Å². The van der Waals surface area contributed by atoms with Crippen LogP contribution >= 0.6 is 0 Å². The van der Waals surface area contributed by atoms with E-state index in [2.05, 4.69) is 16.8 Å². The standard InChI is InChI=1S/C16H15NO2/c1-12-5-4-6-13(9-12)7-8-14-10-15(18-2)16(19-3)17-11-14/h4-6,9-11H,1-3H3. The van der Waals surface area contributed by atoms with Gasteiger partial charge in [-0.25, -0.2) is 4.98 Å². The largest absolute Gasteiger partial charge is 0.491 e. The van der Waals surface area contributed by atoms with Crippen molar-refractivity contribution in [1.82, 2.24) is 4.98 Å². The second-order valence-corrected chi connectivity index (χ2v) is 4.06. The van der Waals surface area contributed by atoms with E-state index in [1.54, 1.807) is 20.4 Å². The van der Waals surface area contributed by atoms with Gasteiger partial charge in [-0.15, -0.1) is 0 Å². The van der Waals surface area contributed by atoms with E-state index in [-0.39, 0.29) is 0 Å². The van der Waals surface area contributed by atoms with Gasteiger partial charge in [0.15, 0.2) is 5.75 Å². The molecule has 2 rings (SSSR count). The van der Waals surface area contributed by atoms with Gasteiger partial charge in [0.2, 0.25) is 0 Å². The number of methoxy groups -OCH3 is 2. The van der Waals surface area contributed by atoms with Crippen molar-refractivity contribution in [3.05, 3.63) is 53.2 Å². The molecular weight excluding hydrogens is 238 g/mol. The van der Waals surface area contributed by atoms with E-state index >= 15 is 0 Å². The van der Waals surface area contributed by atoms with Crippen LogP contribution in [0.15, 0.2) is 36.5 Å². The van der Waals surface area contributed by atoms with Gasteiger partial charge in [-0.2, -0.15) is 0 Å². The van der Waals surface area contributed by atoms with Crippen molar-refractivity contribution >= 4 is 0 Å². The monoisotopic (exact) mass is 253 g/mol. The van der Waals surface area contributed by atoms with Gasteiger partial charge >= 0.3 is 0 Å². The molecule has 0 unspecified atom stereocenters. The molecule has 3 nitrogen and oxygen atoms in total. The quantitative estimate of drug-likeness (QED) is 0.771. The highest BCUT2D eigenvalue weighted by atomic mass is 16.5. The molecule has 0 aliphatic rings. The zero-order valence-electron chi connectivity index (χ0n) is 11.2. The van der Waals surface area contributed by atoms with Gasteiger partial charge in [0, 0.05) is 23.4 Å². The lowest BCUT2D eigenvalue weighted by Crippen LogP contribution is -1.94. The van der Waals surface area contributed by atoms with Gasteiger partial charge in [0.1, 0.15) is 0 Å². The Hall–Kier alpha value is -2.47. The maximum absolute atomic E-state index is 5.19. The zero-order chi connectivity index (χ0) is 13.7. The van der Waals surface area contributed by atoms with Crippen LogP contribution < -0.4 is 9.47 Å². The maximum Gasteiger partial charge on any atom is 0.256 e. The molecule has 0 amide bonds. The minimum atomic E-state index is 0.462. The van der Waals surface area contributed by atoms with Gasteiger partial charge < -0.3 is 9.47 Å². The lowest BCUT2D eigenvalue weighted by molar-refractivity contribution is 0.343. The number of aryl methyl sites for hydroxylation is 1. The molecule has 0 aliphatic heterocycles. The lowest BCUT2D eigenvalue weighted by Gasteiger charge is -2.05. The van der Waals surface area contributed by atoms with Gasteiger partial charge in [0.05, 0.1) is 14.2 Å². The number of hydrogen-bond donors (Lipinski definition) is 0. The first kappa shape index (κ1) is 13.0. The molecule has 1 aromatic carbocycles. The van der Waals surface area contributed by atoms with E-state index < -0.39 is 0 Å². The summed E-state index contributed by atoms with van der Waals surface area (Å²) in [6.45, 7) is 2.04. The fourth-order valence-electron chi connectivity index (χ4n) is 1.67. The minimum absolute atomic E-state index is 0.462. The first-order valence-electron chi connectivity index (χ1n) is 5.89. The fraction of sp³-hybridized carbons (Fsp3) is 0.188. The van der Waals surface area contributed by atoms with Crippen molar-refractivity contribution < 1.29 is 9.47 Å². The molecule has 1 heterocycles. The van der Waals surface area contributed by atoms with E-state index in [1.807, 2.05) is 37.3 Å². The Labute approximate surface area is 113 Å². The van der Waals surface area contributed by atoms with Crippen molar-refractivity contribution in [2.75, 3.05) is 14.2 Å². The smallest absolute Gasteiger partial charge is 0.256 e. The van der Waals surface area contributed by atoms with Gasteiger partial charge in [-0.05, 0) is 24.6 Å². The summed E-state index contributed by atoms with van der Waals surface area (Å²) in [5, 5.41) is 0. The van der Waals surface area contributed by atoms with Crippen LogP contribution in [0.25, 0.3) is 0 Å². The van der Waals surface area contributed by atoms with Crippen LogP contribution in [-0.4, -0.2) is 19.2 Å². The Morgan fingerprint density at radius 1 is 1.00 bits per heavy atom. The highest BCUT2D eigenvalue weighted by Gasteiger charge is 2.04. The van der Waals surface area contributed by atoms with E-state index in [0.717, 1.165) is 11.1 Å². The number of rotatable bonds is 2. The summed E-state index contributed by atoms with van der Waals surface area (Å²) in [6, 6.07) is 9.87. The topological polar surface area (TPSA) is 31.4 Å². The van der Waals surface area contributed by atoms with Crippen molar-refractivity contribution in [2.45, 2.75) is 6.92 Å². The number of pyridine rings is 1. The first-order chi connectivity index (χ1) is 9.22. The predicted molar refractivity (Wildman–Crippen MR) is 74.5 cm³/mol. The Bertz CT molecular complexity index is 639. The first-order valence-corrected chi connectivity index (χ1v) is 5.89. The van der Waals surface area contributed by atoms with E-state index in [4.69, 9.17) is 9.47 Å². The normalized spacial score (nSPS) is 9.42. The van der Waals surface area contributed by atoms with Gasteiger partial charge in [-0.3, -0.25) is 0 Å². The molecule has 0 aliphatic carbocycles. The van der Waals surface area contributed by atoms with Crippen LogP contribution in [0, 0.1) is 18.8 Å². The van der Waals surface area contributed by atoms with Crippen LogP contribution in [0.4, 0.5) is 0 Å². The summed E-state index contributed by atoms with van der Waals surface area (Å²) >= 11 is 0. The summed E-state index contributed by atoms with van der Waals surface area (Å²) in [4.78, 5) is 4.15. The average Bonchev–Trinajstić information content (AvgIpc) is 2.45. The molecular formula is C16H15NO2. The Balaban J connectivity index is 2.29. The van der Waals surface area contributed by atoms with Crippen molar-refractivity contribution in [3.8, 4) is 23.5 Å². The van der Waals surface area contributed by atoms with E-state index in [9.17, 15) is 0 Å². The Morgan fingerprint density at radius 2 is 1.79 bits per heavy atom. The highest BCUT2D eigenvalue weighted by Crippen LogP contribution is 2.23. The van der Waals surface area contributed by atoms with Gasteiger partial charge in [0.25, 0.3) is 5.88 Å². The third-order valence-corrected chi connectivity index (χ3v) is 2.60. The van der Waals surface area contributed by atoms with E-state index in [1.165, 1.54) is 5.56 Å². The molecule has 0 atom stereocenters. The molecule has 0 N–H and O–H groups in total. The fourth-order valence-corrected chi connectivity index (χ4v) is 1.67. The molecule has 0 fully saturated rings. The molecule has 2 aromatic rings. The third kappa shape index (κ3) is 3.26. The molecule has 0 saturated carbocycles. The molecule has 0 bridgehead atoms. The van der Waals surface area contributed by atoms with Crippen molar-refractivity contribution in [3.63, 3.8) is 0 Å². The summed E-state index contributed by atoms with van der Waals surface area (Å²) in [5.74, 6) is 7.21. The molecule has 0 spiro atoms. The van der Waals surface area contributed by atoms with Crippen LogP contribution in [0.3, 0.4) is 0 Å².